The van der Waals surface area contributed by atoms with Crippen LogP contribution in [0.2, 0.25) is 5.02 Å². The molecule has 1 saturated heterocycles. The van der Waals surface area contributed by atoms with E-state index in [0.29, 0.717) is 31.8 Å². The monoisotopic (exact) mass is 904 g/mol. The minimum atomic E-state index is 0.0217. The summed E-state index contributed by atoms with van der Waals surface area (Å²) in [5.74, 6) is 8.69. The first-order valence-corrected chi connectivity index (χ1v) is 23.8. The molecule has 4 N–H and O–H groups in total. The van der Waals surface area contributed by atoms with Gasteiger partial charge >= 0.3 is 0 Å². The van der Waals surface area contributed by atoms with Gasteiger partial charge in [-0.3, -0.25) is 24.0 Å². The molecule has 0 atom stereocenters. The van der Waals surface area contributed by atoms with Crippen molar-refractivity contribution in [3.63, 3.8) is 0 Å². The smallest absolute Gasteiger partial charge is 0.220 e. The summed E-state index contributed by atoms with van der Waals surface area (Å²) in [6, 6.07) is 22.0. The summed E-state index contributed by atoms with van der Waals surface area (Å²) < 4.78 is 2.13. The molecule has 0 unspecified atom stereocenters. The fraction of sp³-hybridized carbons (Fsp3) is 0.431. The first-order chi connectivity index (χ1) is 31.0. The van der Waals surface area contributed by atoms with E-state index in [0.717, 1.165) is 120 Å². The van der Waals surface area contributed by atoms with E-state index in [4.69, 9.17) is 16.6 Å². The molecule has 64 heavy (non-hydrogen) atoms. The number of piperidine rings is 1. The van der Waals surface area contributed by atoms with E-state index in [1.165, 1.54) is 22.9 Å². The van der Waals surface area contributed by atoms with Crippen molar-refractivity contribution in [3.8, 4) is 22.6 Å². The summed E-state index contributed by atoms with van der Waals surface area (Å²) in [6.45, 7) is 18.0. The minimum absolute atomic E-state index is 0.0217. The van der Waals surface area contributed by atoms with Crippen LogP contribution in [0.25, 0.3) is 5.00 Å². The maximum absolute atomic E-state index is 12.4. The molecule has 2 aliphatic heterocycles. The van der Waals surface area contributed by atoms with Gasteiger partial charge in [0.05, 0.1) is 12.3 Å². The summed E-state index contributed by atoms with van der Waals surface area (Å²) in [5, 5.41) is 30.4. The quantitative estimate of drug-likeness (QED) is 0.0644. The molecule has 2 amide bonds. The normalized spacial score (nSPS) is 13.3. The molecule has 3 aromatic carbocycles. The lowest BCUT2D eigenvalue weighted by atomic mass is 10.00. The topological polar surface area (TPSA) is 137 Å². The second-order valence-electron chi connectivity index (χ2n) is 16.1. The summed E-state index contributed by atoms with van der Waals surface area (Å²) in [5.41, 5.74) is 8.20. The number of unbranched alkanes of at least 4 members (excludes halogenated alkanes) is 4. The lowest BCUT2D eigenvalue weighted by Crippen LogP contribution is -2.44. The van der Waals surface area contributed by atoms with Gasteiger partial charge in [0, 0.05) is 83.4 Å². The number of para-hydroxylation sites is 1. The van der Waals surface area contributed by atoms with Gasteiger partial charge < -0.3 is 21.1 Å². The van der Waals surface area contributed by atoms with Gasteiger partial charge in [0.1, 0.15) is 23.1 Å². The van der Waals surface area contributed by atoms with E-state index in [9.17, 15) is 14.7 Å². The van der Waals surface area contributed by atoms with Crippen molar-refractivity contribution in [3.05, 3.63) is 122 Å². The zero-order chi connectivity index (χ0) is 46.0. The molecule has 340 valence electrons. The fourth-order valence-electron chi connectivity index (χ4n) is 7.77. The number of aryl methyl sites for hydroxylation is 3. The Bertz CT molecular complexity index is 2390. The number of thiophene rings is 1. The van der Waals surface area contributed by atoms with Gasteiger partial charge in [0.15, 0.2) is 5.82 Å². The number of carbonyl (C=O) groups excluding carboxylic acids is 2. The fourth-order valence-corrected chi connectivity index (χ4v) is 9.12. The summed E-state index contributed by atoms with van der Waals surface area (Å²) in [7, 11) is 0. The number of phenols is 1. The van der Waals surface area contributed by atoms with E-state index in [1.54, 1.807) is 11.3 Å². The molecule has 13 heteroatoms. The predicted molar refractivity (Wildman–Crippen MR) is 263 cm³/mol. The van der Waals surface area contributed by atoms with Crippen LogP contribution in [-0.2, 0) is 22.7 Å². The number of hydrogen-bond acceptors (Lipinski definition) is 9. The van der Waals surface area contributed by atoms with Crippen LogP contribution in [0.15, 0.2) is 71.7 Å². The number of fused-ring (bicyclic) bond motifs is 3. The van der Waals surface area contributed by atoms with Crippen LogP contribution >= 0.6 is 22.9 Å². The summed E-state index contributed by atoms with van der Waals surface area (Å²) in [4.78, 5) is 31.7. The van der Waals surface area contributed by atoms with Crippen LogP contribution in [0, 0.1) is 39.5 Å². The Kier molecular flexibility index (Phi) is 19.4. The molecule has 1 fully saturated rings. The third-order valence-electron chi connectivity index (χ3n) is 11.3. The molecule has 0 aliphatic carbocycles. The second-order valence-corrected chi connectivity index (χ2v) is 17.7. The molecule has 5 aromatic rings. The molecule has 0 spiro atoms. The minimum Gasteiger partial charge on any atom is -0.507 e. The number of nitrogens with zero attached hydrogens (tertiary/aromatic N) is 5. The van der Waals surface area contributed by atoms with Crippen molar-refractivity contribution in [1.82, 2.24) is 30.3 Å². The summed E-state index contributed by atoms with van der Waals surface area (Å²) in [6.07, 6.45) is 7.52. The van der Waals surface area contributed by atoms with Gasteiger partial charge in [-0.15, -0.1) is 21.5 Å². The van der Waals surface area contributed by atoms with Crippen LogP contribution in [-0.4, -0.2) is 74.5 Å². The van der Waals surface area contributed by atoms with Gasteiger partial charge in [0.25, 0.3) is 0 Å². The number of hydrogen-bond donors (Lipinski definition) is 4. The van der Waals surface area contributed by atoms with Crippen molar-refractivity contribution in [2.24, 2.45) is 4.99 Å². The van der Waals surface area contributed by atoms with E-state index in [-0.39, 0.29) is 17.9 Å². The molecular formula is C51H65ClN8O3S. The number of aromatic hydroxyl groups is 1. The van der Waals surface area contributed by atoms with Crippen LogP contribution in [0.1, 0.15) is 122 Å². The van der Waals surface area contributed by atoms with E-state index < -0.39 is 0 Å². The summed E-state index contributed by atoms with van der Waals surface area (Å²) >= 11 is 7.80. The van der Waals surface area contributed by atoms with E-state index in [1.807, 2.05) is 94.4 Å². The maximum Gasteiger partial charge on any atom is 0.220 e. The molecule has 0 saturated carbocycles. The molecule has 0 bridgehead atoms. The first-order valence-electron chi connectivity index (χ1n) is 22.6. The van der Waals surface area contributed by atoms with Gasteiger partial charge in [-0.1, -0.05) is 86.9 Å². The SMILES string of the molecule is CC.CC(=O)NCCCCCCCC(=O)NC1CCN(Cc2cc(C#CCNc3ccccc3)cc(C)c2O)CC1.Cc1sc2c(c1C)C(c1ccc(Cl)cc1)=NCc1nnc(C)n1-2. The number of carbonyl (C=O) groups is 2. The highest BCUT2D eigenvalue weighted by molar-refractivity contribution is 7.15. The molecule has 0 radical (unpaired) electrons. The number of aromatic nitrogens is 3. The lowest BCUT2D eigenvalue weighted by Gasteiger charge is -2.32. The Morgan fingerprint density at radius 1 is 0.922 bits per heavy atom. The molecule has 2 aliphatic rings. The zero-order valence-corrected chi connectivity index (χ0v) is 40.2. The van der Waals surface area contributed by atoms with Crippen molar-refractivity contribution < 1.29 is 14.7 Å². The molecule has 7 rings (SSSR count). The average molecular weight is 906 g/mol. The van der Waals surface area contributed by atoms with Gasteiger partial charge in [-0.05, 0) is 101 Å². The number of likely N-dealkylation sites (tertiary alicyclic amines) is 1. The van der Waals surface area contributed by atoms with Gasteiger partial charge in [-0.2, -0.15) is 0 Å². The Balaban J connectivity index is 0.000000260. The molecular weight excluding hydrogens is 840 g/mol. The Labute approximate surface area is 389 Å². The number of nitrogens with one attached hydrogen (secondary N) is 3. The van der Waals surface area contributed by atoms with E-state index >= 15 is 0 Å². The third kappa shape index (κ3) is 14.3. The Hall–Kier alpha value is -5.48. The van der Waals surface area contributed by atoms with Crippen molar-refractivity contribution >= 4 is 46.2 Å². The second kappa shape index (κ2) is 25.1. The predicted octanol–water partition coefficient (Wildman–Crippen LogP) is 10.0. The van der Waals surface area contributed by atoms with Crippen LogP contribution in [0.4, 0.5) is 5.69 Å². The number of aliphatic imine (C=N–C) groups is 1. The number of rotatable bonds is 14. The zero-order valence-electron chi connectivity index (χ0n) is 38.6. The van der Waals surface area contributed by atoms with Crippen molar-refractivity contribution in [2.75, 3.05) is 31.5 Å². The average Bonchev–Trinajstić information content (AvgIpc) is 3.74. The van der Waals surface area contributed by atoms with E-state index in [2.05, 4.69) is 61.3 Å². The van der Waals surface area contributed by atoms with Gasteiger partial charge in [0.2, 0.25) is 11.8 Å². The molecule has 11 nitrogen and oxygen atoms in total. The lowest BCUT2D eigenvalue weighted by molar-refractivity contribution is -0.122. The number of amides is 2. The number of phenolic OH excluding ortho intramolecular Hbond substituents is 1. The Morgan fingerprint density at radius 3 is 2.34 bits per heavy atom. The largest absolute Gasteiger partial charge is 0.507 e. The third-order valence-corrected chi connectivity index (χ3v) is 12.7. The molecule has 2 aromatic heterocycles. The van der Waals surface area contributed by atoms with Crippen LogP contribution in [0.5, 0.6) is 5.75 Å². The van der Waals surface area contributed by atoms with Crippen molar-refractivity contribution in [2.45, 2.75) is 119 Å². The molecule has 4 heterocycles. The maximum atomic E-state index is 12.4. The highest BCUT2D eigenvalue weighted by Gasteiger charge is 2.26. The first kappa shape index (κ1) is 49.5. The number of benzene rings is 3. The highest BCUT2D eigenvalue weighted by Crippen LogP contribution is 2.36. The van der Waals surface area contributed by atoms with Gasteiger partial charge in [-0.25, -0.2) is 0 Å². The standard InChI is InChI=1S/C32H44N4O3.C17H15ClN4S.C2H6/c1-25-22-27(12-11-19-34-29-13-7-6-8-14-29)23-28(32(25)39)24-36-20-16-30(17-21-36)35-31(38)15-9-4-3-5-10-18-33-26(2)37;1-9-10(2)23-17-15(9)16(12-4-6-13(18)7-5-12)19-8-14-21-20-11(3)22(14)17;1-2/h6-8,13-14,22-23,30,34,39H,3-5,9-10,15-21,24H2,1-2H3,(H,33,37)(H,35,38);4-7H,8H2,1-3H3;1-2H3. The van der Waals surface area contributed by atoms with Crippen LogP contribution in [0.3, 0.4) is 0 Å². The number of halogens is 1. The van der Waals surface area contributed by atoms with Crippen molar-refractivity contribution in [1.29, 1.82) is 0 Å². The number of anilines is 1. The van der Waals surface area contributed by atoms with Crippen LogP contribution < -0.4 is 16.0 Å². The Morgan fingerprint density at radius 2 is 1.62 bits per heavy atom. The highest BCUT2D eigenvalue weighted by atomic mass is 35.5.